The van der Waals surface area contributed by atoms with E-state index in [9.17, 15) is 4.79 Å². The van der Waals surface area contributed by atoms with Gasteiger partial charge in [-0.2, -0.15) is 0 Å². The summed E-state index contributed by atoms with van der Waals surface area (Å²) in [5.41, 5.74) is 0.739. The zero-order chi connectivity index (χ0) is 13.0. The zero-order valence-electron chi connectivity index (χ0n) is 10.9. The van der Waals surface area contributed by atoms with Crippen molar-refractivity contribution in [2.24, 2.45) is 5.92 Å². The van der Waals surface area contributed by atoms with Gasteiger partial charge in [0.1, 0.15) is 5.75 Å². The lowest BCUT2D eigenvalue weighted by Crippen LogP contribution is -2.44. The monoisotopic (exact) mass is 248 g/mol. The van der Waals surface area contributed by atoms with Gasteiger partial charge in [0.05, 0.1) is 18.7 Å². The van der Waals surface area contributed by atoms with Crippen LogP contribution < -0.4 is 15.4 Å². The third kappa shape index (κ3) is 2.82. The van der Waals surface area contributed by atoms with Crippen LogP contribution in [-0.4, -0.2) is 25.6 Å². The molecule has 0 bridgehead atoms. The van der Waals surface area contributed by atoms with Crippen molar-refractivity contribution in [1.29, 1.82) is 0 Å². The van der Waals surface area contributed by atoms with E-state index in [4.69, 9.17) is 4.74 Å². The van der Waals surface area contributed by atoms with Crippen LogP contribution in [0.25, 0.3) is 0 Å². The first-order valence-corrected chi connectivity index (χ1v) is 6.39. The number of benzene rings is 1. The molecular weight excluding hydrogens is 228 g/mol. The van der Waals surface area contributed by atoms with Gasteiger partial charge in [0.2, 0.25) is 5.91 Å². The molecule has 2 unspecified atom stereocenters. The molecule has 0 spiro atoms. The number of ether oxygens (including phenoxy) is 1. The predicted molar refractivity (Wildman–Crippen MR) is 71.8 cm³/mol. The van der Waals surface area contributed by atoms with Crippen LogP contribution in [0.2, 0.25) is 0 Å². The predicted octanol–water partition coefficient (Wildman–Crippen LogP) is 2.02. The van der Waals surface area contributed by atoms with Crippen molar-refractivity contribution in [3.63, 3.8) is 0 Å². The quantitative estimate of drug-likeness (QED) is 0.860. The van der Waals surface area contributed by atoms with Gasteiger partial charge in [0.25, 0.3) is 0 Å². The second kappa shape index (κ2) is 5.87. The van der Waals surface area contributed by atoms with Crippen molar-refractivity contribution < 1.29 is 9.53 Å². The van der Waals surface area contributed by atoms with Crippen LogP contribution in [-0.2, 0) is 4.79 Å². The zero-order valence-corrected chi connectivity index (χ0v) is 10.9. The first-order valence-electron chi connectivity index (χ1n) is 6.39. The molecule has 18 heavy (non-hydrogen) atoms. The molecular formula is C14H20N2O2. The van der Waals surface area contributed by atoms with E-state index in [1.54, 1.807) is 7.11 Å². The van der Waals surface area contributed by atoms with Gasteiger partial charge in [-0.3, -0.25) is 4.79 Å². The van der Waals surface area contributed by atoms with Gasteiger partial charge in [-0.15, -0.1) is 0 Å². The molecule has 1 aliphatic heterocycles. The van der Waals surface area contributed by atoms with Crippen molar-refractivity contribution in [2.75, 3.05) is 19.0 Å². The van der Waals surface area contributed by atoms with Crippen LogP contribution in [0.4, 0.5) is 5.69 Å². The minimum atomic E-state index is 0.0312. The van der Waals surface area contributed by atoms with Crippen LogP contribution >= 0.6 is 0 Å². The number of piperidine rings is 1. The van der Waals surface area contributed by atoms with Crippen LogP contribution in [0.5, 0.6) is 5.75 Å². The SMILES string of the molecule is COc1ccccc1NC(=O)C1CCCNC1C. The van der Waals surface area contributed by atoms with E-state index in [2.05, 4.69) is 17.6 Å². The molecule has 1 aliphatic rings. The summed E-state index contributed by atoms with van der Waals surface area (Å²) in [6.45, 7) is 3.06. The fourth-order valence-electron chi connectivity index (χ4n) is 2.38. The maximum Gasteiger partial charge on any atom is 0.229 e. The van der Waals surface area contributed by atoms with Crippen molar-refractivity contribution in [3.8, 4) is 5.75 Å². The Morgan fingerprint density at radius 2 is 2.22 bits per heavy atom. The number of hydrogen-bond acceptors (Lipinski definition) is 3. The van der Waals surface area contributed by atoms with Crippen LogP contribution in [0.15, 0.2) is 24.3 Å². The Morgan fingerprint density at radius 1 is 1.44 bits per heavy atom. The molecule has 2 atom stereocenters. The lowest BCUT2D eigenvalue weighted by Gasteiger charge is -2.29. The van der Waals surface area contributed by atoms with Crippen molar-refractivity contribution in [3.05, 3.63) is 24.3 Å². The highest BCUT2D eigenvalue weighted by Crippen LogP contribution is 2.25. The first-order chi connectivity index (χ1) is 8.72. The van der Waals surface area contributed by atoms with E-state index in [1.165, 1.54) is 0 Å². The van der Waals surface area contributed by atoms with E-state index < -0.39 is 0 Å². The van der Waals surface area contributed by atoms with E-state index >= 15 is 0 Å². The molecule has 1 amide bonds. The molecule has 1 aromatic rings. The Labute approximate surface area is 108 Å². The molecule has 0 radical (unpaired) electrons. The number of methoxy groups -OCH3 is 1. The number of carbonyl (C=O) groups excluding carboxylic acids is 1. The second-order valence-corrected chi connectivity index (χ2v) is 4.68. The van der Waals surface area contributed by atoms with Crippen molar-refractivity contribution in [1.82, 2.24) is 5.32 Å². The average Bonchev–Trinajstić information content (AvgIpc) is 2.39. The molecule has 4 nitrogen and oxygen atoms in total. The smallest absolute Gasteiger partial charge is 0.229 e. The summed E-state index contributed by atoms with van der Waals surface area (Å²) in [5, 5.41) is 6.29. The topological polar surface area (TPSA) is 50.4 Å². The number of anilines is 1. The summed E-state index contributed by atoms with van der Waals surface area (Å²) in [4.78, 5) is 12.2. The van der Waals surface area contributed by atoms with Crippen molar-refractivity contribution >= 4 is 11.6 Å². The Balaban J connectivity index is 2.06. The van der Waals surface area contributed by atoms with Gasteiger partial charge >= 0.3 is 0 Å². The van der Waals surface area contributed by atoms with Gasteiger partial charge < -0.3 is 15.4 Å². The van der Waals surface area contributed by atoms with E-state index in [1.807, 2.05) is 24.3 Å². The third-order valence-electron chi connectivity index (χ3n) is 3.46. The van der Waals surface area contributed by atoms with E-state index in [-0.39, 0.29) is 17.9 Å². The lowest BCUT2D eigenvalue weighted by molar-refractivity contribution is -0.121. The first kappa shape index (κ1) is 12.9. The van der Waals surface area contributed by atoms with Crippen LogP contribution in [0, 0.1) is 5.92 Å². The molecule has 0 aromatic heterocycles. The second-order valence-electron chi connectivity index (χ2n) is 4.68. The lowest BCUT2D eigenvalue weighted by atomic mass is 9.91. The minimum absolute atomic E-state index is 0.0312. The molecule has 4 heteroatoms. The highest BCUT2D eigenvalue weighted by atomic mass is 16.5. The highest BCUT2D eigenvalue weighted by Gasteiger charge is 2.27. The number of nitrogens with one attached hydrogen (secondary N) is 2. The molecule has 1 aromatic carbocycles. The maximum absolute atomic E-state index is 12.2. The average molecular weight is 248 g/mol. The van der Waals surface area contributed by atoms with E-state index in [0.29, 0.717) is 5.75 Å². The minimum Gasteiger partial charge on any atom is -0.495 e. The van der Waals surface area contributed by atoms with E-state index in [0.717, 1.165) is 25.1 Å². The molecule has 1 saturated heterocycles. The van der Waals surface area contributed by atoms with Gasteiger partial charge in [-0.05, 0) is 38.4 Å². The molecule has 98 valence electrons. The summed E-state index contributed by atoms with van der Waals surface area (Å²) < 4.78 is 5.23. The standard InChI is InChI=1S/C14H20N2O2/c1-10-11(6-5-9-15-10)14(17)16-12-7-3-4-8-13(12)18-2/h3-4,7-8,10-11,15H,5-6,9H2,1-2H3,(H,16,17). The highest BCUT2D eigenvalue weighted by molar-refractivity contribution is 5.94. The van der Waals surface area contributed by atoms with Crippen LogP contribution in [0.3, 0.4) is 0 Å². The number of para-hydroxylation sites is 2. The molecule has 0 saturated carbocycles. The molecule has 0 aliphatic carbocycles. The number of amides is 1. The third-order valence-corrected chi connectivity index (χ3v) is 3.46. The normalized spacial score (nSPS) is 23.4. The Morgan fingerprint density at radius 3 is 2.94 bits per heavy atom. The van der Waals surface area contributed by atoms with Gasteiger partial charge in [-0.1, -0.05) is 12.1 Å². The summed E-state index contributed by atoms with van der Waals surface area (Å²) >= 11 is 0. The van der Waals surface area contributed by atoms with Gasteiger partial charge in [0, 0.05) is 6.04 Å². The number of hydrogen-bond donors (Lipinski definition) is 2. The Kier molecular flexibility index (Phi) is 4.20. The van der Waals surface area contributed by atoms with Crippen molar-refractivity contribution in [2.45, 2.75) is 25.8 Å². The fourth-order valence-corrected chi connectivity index (χ4v) is 2.38. The Bertz CT molecular complexity index is 420. The summed E-state index contributed by atoms with van der Waals surface area (Å²) in [7, 11) is 1.61. The van der Waals surface area contributed by atoms with Crippen LogP contribution in [0.1, 0.15) is 19.8 Å². The number of carbonyl (C=O) groups is 1. The maximum atomic E-state index is 12.2. The Hall–Kier alpha value is -1.55. The molecule has 2 N–H and O–H groups in total. The number of rotatable bonds is 3. The molecule has 2 rings (SSSR count). The summed E-state index contributed by atoms with van der Waals surface area (Å²) in [6.07, 6.45) is 1.99. The largest absolute Gasteiger partial charge is 0.495 e. The molecule has 1 heterocycles. The molecule has 1 fully saturated rings. The van der Waals surface area contributed by atoms with Gasteiger partial charge in [0.15, 0.2) is 0 Å². The summed E-state index contributed by atoms with van der Waals surface area (Å²) in [5.74, 6) is 0.796. The fraction of sp³-hybridized carbons (Fsp3) is 0.500. The van der Waals surface area contributed by atoms with Gasteiger partial charge in [-0.25, -0.2) is 0 Å². The summed E-state index contributed by atoms with van der Waals surface area (Å²) in [6, 6.07) is 7.71.